The molecule has 1 N–H and O–H groups in total. The predicted octanol–water partition coefficient (Wildman–Crippen LogP) is 3.74. The van der Waals surface area contributed by atoms with Crippen LogP contribution in [0.5, 0.6) is 5.75 Å². The van der Waals surface area contributed by atoms with Crippen LogP contribution in [0.3, 0.4) is 0 Å². The fourth-order valence-corrected chi connectivity index (χ4v) is 3.04. The smallest absolute Gasteiger partial charge is 0.118 e. The van der Waals surface area contributed by atoms with E-state index in [2.05, 4.69) is 24.3 Å². The van der Waals surface area contributed by atoms with Crippen molar-refractivity contribution in [2.75, 3.05) is 13.7 Å². The summed E-state index contributed by atoms with van der Waals surface area (Å²) in [7, 11) is 1.71. The van der Waals surface area contributed by atoms with Crippen LogP contribution in [0.15, 0.2) is 24.3 Å². The van der Waals surface area contributed by atoms with Crippen molar-refractivity contribution in [3.8, 4) is 5.75 Å². The van der Waals surface area contributed by atoms with E-state index in [0.29, 0.717) is 6.61 Å². The topological polar surface area (TPSA) is 29.5 Å². The molecule has 2 heteroatoms. The van der Waals surface area contributed by atoms with Crippen LogP contribution in [0.2, 0.25) is 0 Å². The number of hydrogen-bond donors (Lipinski definition) is 1. The van der Waals surface area contributed by atoms with E-state index in [1.807, 2.05) is 0 Å². The van der Waals surface area contributed by atoms with Gasteiger partial charge in [-0.15, -0.1) is 0 Å². The lowest BCUT2D eigenvalue weighted by molar-refractivity contribution is 0.246. The minimum atomic E-state index is 0.346. The summed E-state index contributed by atoms with van der Waals surface area (Å²) in [5.41, 5.74) is 1.46. The van der Waals surface area contributed by atoms with Gasteiger partial charge in [0.1, 0.15) is 5.75 Å². The predicted molar refractivity (Wildman–Crippen MR) is 74.0 cm³/mol. The largest absolute Gasteiger partial charge is 0.497 e. The van der Waals surface area contributed by atoms with Gasteiger partial charge >= 0.3 is 0 Å². The Bertz CT molecular complexity index is 337. The molecule has 1 aromatic carbocycles. The minimum absolute atomic E-state index is 0.346. The third-order valence-corrected chi connectivity index (χ3v) is 4.20. The maximum atomic E-state index is 8.86. The van der Waals surface area contributed by atoms with Gasteiger partial charge in [0.25, 0.3) is 0 Å². The number of aliphatic hydroxyl groups is 1. The quantitative estimate of drug-likeness (QED) is 0.860. The van der Waals surface area contributed by atoms with Crippen LogP contribution < -0.4 is 4.74 Å². The fraction of sp³-hybridized carbons (Fsp3) is 0.625. The summed E-state index contributed by atoms with van der Waals surface area (Å²) in [6.07, 6.45) is 7.39. The number of methoxy groups -OCH3 is 1. The Balaban J connectivity index is 1.84. The number of hydrogen-bond acceptors (Lipinski definition) is 2. The molecule has 0 saturated heterocycles. The maximum Gasteiger partial charge on any atom is 0.118 e. The molecule has 1 aliphatic carbocycles. The number of ether oxygens (including phenoxy) is 1. The van der Waals surface area contributed by atoms with E-state index >= 15 is 0 Å². The van der Waals surface area contributed by atoms with Gasteiger partial charge < -0.3 is 9.84 Å². The Morgan fingerprint density at radius 1 is 1.11 bits per heavy atom. The van der Waals surface area contributed by atoms with Crippen molar-refractivity contribution < 1.29 is 9.84 Å². The van der Waals surface area contributed by atoms with Crippen molar-refractivity contribution in [1.82, 2.24) is 0 Å². The van der Waals surface area contributed by atoms with Gasteiger partial charge in [0.15, 0.2) is 0 Å². The molecule has 2 rings (SSSR count). The van der Waals surface area contributed by atoms with Crippen molar-refractivity contribution in [1.29, 1.82) is 0 Å². The molecule has 2 nitrogen and oxygen atoms in total. The fourth-order valence-electron chi connectivity index (χ4n) is 3.04. The molecule has 0 bridgehead atoms. The van der Waals surface area contributed by atoms with Crippen molar-refractivity contribution in [2.45, 2.75) is 44.4 Å². The summed E-state index contributed by atoms with van der Waals surface area (Å²) < 4.78 is 5.19. The van der Waals surface area contributed by atoms with Gasteiger partial charge in [-0.05, 0) is 68.1 Å². The van der Waals surface area contributed by atoms with Crippen LogP contribution in [0, 0.1) is 5.92 Å². The second kappa shape index (κ2) is 6.79. The van der Waals surface area contributed by atoms with Gasteiger partial charge in [0.05, 0.1) is 7.11 Å². The van der Waals surface area contributed by atoms with Gasteiger partial charge in [-0.1, -0.05) is 12.1 Å². The Kier molecular flexibility index (Phi) is 5.06. The molecule has 1 saturated carbocycles. The van der Waals surface area contributed by atoms with E-state index in [-0.39, 0.29) is 0 Å². The van der Waals surface area contributed by atoms with Crippen LogP contribution in [-0.2, 0) is 0 Å². The lowest BCUT2D eigenvalue weighted by Crippen LogP contribution is -2.13. The third-order valence-electron chi connectivity index (χ3n) is 4.20. The lowest BCUT2D eigenvalue weighted by Gasteiger charge is -2.28. The standard InChI is InChI=1S/C16H24O2/c1-18-16-10-8-15(9-11-16)14-6-4-13(5-7-14)3-2-12-17/h8-11,13-14,17H,2-7,12H2,1H3. The van der Waals surface area contributed by atoms with Crippen LogP contribution in [0.1, 0.15) is 50.0 Å². The first kappa shape index (κ1) is 13.4. The van der Waals surface area contributed by atoms with Crippen molar-refractivity contribution in [2.24, 2.45) is 5.92 Å². The monoisotopic (exact) mass is 248 g/mol. The molecule has 1 aliphatic rings. The zero-order chi connectivity index (χ0) is 12.8. The summed E-state index contributed by atoms with van der Waals surface area (Å²) in [5.74, 6) is 2.50. The van der Waals surface area contributed by atoms with Crippen molar-refractivity contribution >= 4 is 0 Å². The van der Waals surface area contributed by atoms with E-state index in [1.54, 1.807) is 7.11 Å². The van der Waals surface area contributed by atoms with E-state index in [1.165, 1.54) is 37.7 Å². The molecule has 0 aromatic heterocycles. The Morgan fingerprint density at radius 2 is 1.78 bits per heavy atom. The molecular weight excluding hydrogens is 224 g/mol. The first-order valence-electron chi connectivity index (χ1n) is 7.08. The van der Waals surface area contributed by atoms with Gasteiger partial charge in [-0.3, -0.25) is 0 Å². The highest BCUT2D eigenvalue weighted by Crippen LogP contribution is 2.37. The molecule has 0 amide bonds. The second-order valence-electron chi connectivity index (χ2n) is 5.36. The van der Waals surface area contributed by atoms with Gasteiger partial charge in [0, 0.05) is 6.61 Å². The van der Waals surface area contributed by atoms with Crippen molar-refractivity contribution in [3.05, 3.63) is 29.8 Å². The highest BCUT2D eigenvalue weighted by Gasteiger charge is 2.21. The first-order valence-corrected chi connectivity index (χ1v) is 7.08. The molecule has 0 radical (unpaired) electrons. The molecule has 100 valence electrons. The van der Waals surface area contributed by atoms with Crippen LogP contribution in [0.4, 0.5) is 0 Å². The summed E-state index contributed by atoms with van der Waals surface area (Å²) >= 11 is 0. The van der Waals surface area contributed by atoms with Gasteiger partial charge in [-0.25, -0.2) is 0 Å². The zero-order valence-corrected chi connectivity index (χ0v) is 11.3. The van der Waals surface area contributed by atoms with Gasteiger partial charge in [0.2, 0.25) is 0 Å². The van der Waals surface area contributed by atoms with Crippen LogP contribution in [-0.4, -0.2) is 18.8 Å². The molecule has 0 heterocycles. The number of rotatable bonds is 5. The van der Waals surface area contributed by atoms with Crippen molar-refractivity contribution in [3.63, 3.8) is 0 Å². The minimum Gasteiger partial charge on any atom is -0.497 e. The summed E-state index contributed by atoms with van der Waals surface area (Å²) in [5, 5.41) is 8.86. The molecule has 0 atom stereocenters. The average molecular weight is 248 g/mol. The van der Waals surface area contributed by atoms with E-state index in [4.69, 9.17) is 9.84 Å². The van der Waals surface area contributed by atoms with E-state index in [9.17, 15) is 0 Å². The highest BCUT2D eigenvalue weighted by atomic mass is 16.5. The van der Waals surface area contributed by atoms with Crippen LogP contribution in [0.25, 0.3) is 0 Å². The summed E-state index contributed by atoms with van der Waals surface area (Å²) in [4.78, 5) is 0. The zero-order valence-electron chi connectivity index (χ0n) is 11.3. The Labute approximate surface area is 110 Å². The highest BCUT2D eigenvalue weighted by molar-refractivity contribution is 5.29. The maximum absolute atomic E-state index is 8.86. The lowest BCUT2D eigenvalue weighted by atomic mass is 9.77. The molecule has 1 fully saturated rings. The molecular formula is C16H24O2. The molecule has 0 spiro atoms. The molecule has 1 aromatic rings. The van der Waals surface area contributed by atoms with Crippen LogP contribution >= 0.6 is 0 Å². The summed E-state index contributed by atoms with van der Waals surface area (Å²) in [6, 6.07) is 8.54. The molecule has 0 aliphatic heterocycles. The number of aliphatic hydroxyl groups excluding tert-OH is 1. The average Bonchev–Trinajstić information content (AvgIpc) is 2.46. The van der Waals surface area contributed by atoms with Gasteiger partial charge in [-0.2, -0.15) is 0 Å². The molecule has 18 heavy (non-hydrogen) atoms. The summed E-state index contributed by atoms with van der Waals surface area (Å²) in [6.45, 7) is 0.346. The van der Waals surface area contributed by atoms with E-state index in [0.717, 1.165) is 24.0 Å². The normalized spacial score (nSPS) is 23.9. The van der Waals surface area contributed by atoms with E-state index < -0.39 is 0 Å². The SMILES string of the molecule is COc1ccc(C2CCC(CCCO)CC2)cc1. The third kappa shape index (κ3) is 3.49. The first-order chi connectivity index (χ1) is 8.83. The Hall–Kier alpha value is -1.02. The second-order valence-corrected chi connectivity index (χ2v) is 5.36. The number of benzene rings is 1. The molecule has 0 unspecified atom stereocenters. The Morgan fingerprint density at radius 3 is 2.33 bits per heavy atom.